The summed E-state index contributed by atoms with van der Waals surface area (Å²) in [5, 5.41) is 0. The standard InChI is InChI=1S/C13H10F3NO/c14-9-1-3-11(16)8(5-9)7-18-13-6-10(15)2-4-12(13)17/h1-6H,7,17H2. The van der Waals surface area contributed by atoms with Crippen LogP contribution in [-0.4, -0.2) is 0 Å². The van der Waals surface area contributed by atoms with E-state index in [1.54, 1.807) is 0 Å². The van der Waals surface area contributed by atoms with Gasteiger partial charge in [0.05, 0.1) is 5.69 Å². The zero-order chi connectivity index (χ0) is 13.1. The van der Waals surface area contributed by atoms with Crippen LogP contribution in [0.1, 0.15) is 5.56 Å². The maximum Gasteiger partial charge on any atom is 0.145 e. The van der Waals surface area contributed by atoms with Crippen molar-refractivity contribution in [2.45, 2.75) is 6.61 Å². The molecule has 94 valence electrons. The van der Waals surface area contributed by atoms with E-state index in [1.807, 2.05) is 0 Å². The van der Waals surface area contributed by atoms with E-state index in [1.165, 1.54) is 12.1 Å². The van der Waals surface area contributed by atoms with Crippen LogP contribution in [0.2, 0.25) is 0 Å². The molecule has 0 aliphatic carbocycles. The van der Waals surface area contributed by atoms with Gasteiger partial charge in [-0.15, -0.1) is 0 Å². The minimum atomic E-state index is -0.591. The Bertz CT molecular complexity index is 521. The van der Waals surface area contributed by atoms with Crippen LogP contribution < -0.4 is 10.5 Å². The van der Waals surface area contributed by atoms with Crippen molar-refractivity contribution in [1.82, 2.24) is 0 Å². The van der Waals surface area contributed by atoms with Gasteiger partial charge in [0.2, 0.25) is 0 Å². The predicted molar refractivity (Wildman–Crippen MR) is 61.5 cm³/mol. The van der Waals surface area contributed by atoms with E-state index in [4.69, 9.17) is 10.5 Å². The molecule has 0 unspecified atom stereocenters. The van der Waals surface area contributed by atoms with Crippen molar-refractivity contribution in [3.05, 3.63) is 59.4 Å². The van der Waals surface area contributed by atoms with E-state index in [-0.39, 0.29) is 23.6 Å². The quantitative estimate of drug-likeness (QED) is 0.852. The summed E-state index contributed by atoms with van der Waals surface area (Å²) in [5.74, 6) is -1.58. The molecule has 0 heterocycles. The van der Waals surface area contributed by atoms with E-state index in [0.29, 0.717) is 0 Å². The fraction of sp³-hybridized carbons (Fsp3) is 0.0769. The lowest BCUT2D eigenvalue weighted by molar-refractivity contribution is 0.299. The highest BCUT2D eigenvalue weighted by atomic mass is 19.1. The van der Waals surface area contributed by atoms with E-state index in [9.17, 15) is 13.2 Å². The zero-order valence-corrected chi connectivity index (χ0v) is 9.29. The molecule has 0 saturated carbocycles. The van der Waals surface area contributed by atoms with E-state index in [2.05, 4.69) is 0 Å². The molecule has 18 heavy (non-hydrogen) atoms. The molecule has 2 N–H and O–H groups in total. The van der Waals surface area contributed by atoms with Gasteiger partial charge in [0.15, 0.2) is 0 Å². The molecular weight excluding hydrogens is 243 g/mol. The van der Waals surface area contributed by atoms with Gasteiger partial charge in [-0.2, -0.15) is 0 Å². The van der Waals surface area contributed by atoms with Crippen molar-refractivity contribution in [3.63, 3.8) is 0 Å². The van der Waals surface area contributed by atoms with Gasteiger partial charge < -0.3 is 10.5 Å². The SMILES string of the molecule is Nc1ccc(F)cc1OCc1cc(F)ccc1F. The third-order valence-electron chi connectivity index (χ3n) is 2.37. The van der Waals surface area contributed by atoms with Gasteiger partial charge in [0.1, 0.15) is 29.8 Å². The van der Waals surface area contributed by atoms with Gasteiger partial charge in [-0.25, -0.2) is 13.2 Å². The second kappa shape index (κ2) is 5.00. The molecule has 0 aromatic heterocycles. The molecule has 0 saturated heterocycles. The number of benzene rings is 2. The number of anilines is 1. The Kier molecular flexibility index (Phi) is 3.41. The van der Waals surface area contributed by atoms with Crippen LogP contribution in [0.3, 0.4) is 0 Å². The summed E-state index contributed by atoms with van der Waals surface area (Å²) in [7, 11) is 0. The van der Waals surface area contributed by atoms with E-state index < -0.39 is 17.5 Å². The number of hydrogen-bond acceptors (Lipinski definition) is 2. The van der Waals surface area contributed by atoms with Crippen LogP contribution in [0.4, 0.5) is 18.9 Å². The molecule has 2 aromatic rings. The lowest BCUT2D eigenvalue weighted by Crippen LogP contribution is -2.01. The Balaban J connectivity index is 2.16. The molecule has 0 aliphatic rings. The van der Waals surface area contributed by atoms with Crippen molar-refractivity contribution in [2.75, 3.05) is 5.73 Å². The number of nitrogens with two attached hydrogens (primary N) is 1. The second-order valence-corrected chi connectivity index (χ2v) is 3.71. The first-order valence-electron chi connectivity index (χ1n) is 5.18. The lowest BCUT2D eigenvalue weighted by atomic mass is 10.2. The molecule has 0 amide bonds. The Morgan fingerprint density at radius 2 is 1.61 bits per heavy atom. The molecule has 2 aromatic carbocycles. The van der Waals surface area contributed by atoms with Gasteiger partial charge in [0, 0.05) is 11.6 Å². The highest BCUT2D eigenvalue weighted by molar-refractivity contribution is 5.52. The summed E-state index contributed by atoms with van der Waals surface area (Å²) < 4.78 is 44.3. The van der Waals surface area contributed by atoms with Crippen LogP contribution in [0.15, 0.2) is 36.4 Å². The smallest absolute Gasteiger partial charge is 0.145 e. The molecule has 2 rings (SSSR count). The molecule has 0 aliphatic heterocycles. The molecule has 0 radical (unpaired) electrons. The molecule has 0 atom stereocenters. The fourth-order valence-corrected chi connectivity index (χ4v) is 1.44. The highest BCUT2D eigenvalue weighted by Crippen LogP contribution is 2.23. The predicted octanol–water partition coefficient (Wildman–Crippen LogP) is 3.27. The van der Waals surface area contributed by atoms with Crippen LogP contribution in [0, 0.1) is 17.5 Å². The van der Waals surface area contributed by atoms with E-state index in [0.717, 1.165) is 24.3 Å². The number of hydrogen-bond donors (Lipinski definition) is 1. The average Bonchev–Trinajstić information content (AvgIpc) is 2.34. The minimum absolute atomic E-state index is 0.0404. The van der Waals surface area contributed by atoms with Gasteiger partial charge >= 0.3 is 0 Å². The van der Waals surface area contributed by atoms with Crippen LogP contribution in [-0.2, 0) is 6.61 Å². The van der Waals surface area contributed by atoms with Crippen molar-refractivity contribution in [2.24, 2.45) is 0 Å². The van der Waals surface area contributed by atoms with Gasteiger partial charge in [-0.3, -0.25) is 0 Å². The monoisotopic (exact) mass is 253 g/mol. The first-order chi connectivity index (χ1) is 8.56. The van der Waals surface area contributed by atoms with Crippen molar-refractivity contribution in [1.29, 1.82) is 0 Å². The van der Waals surface area contributed by atoms with Crippen LogP contribution in [0.5, 0.6) is 5.75 Å². The molecule has 2 nitrogen and oxygen atoms in total. The summed E-state index contributed by atoms with van der Waals surface area (Å²) in [5.41, 5.74) is 5.83. The molecular formula is C13H10F3NO. The maximum atomic E-state index is 13.3. The van der Waals surface area contributed by atoms with E-state index >= 15 is 0 Å². The highest BCUT2D eigenvalue weighted by Gasteiger charge is 2.07. The van der Waals surface area contributed by atoms with Crippen molar-refractivity contribution >= 4 is 5.69 Å². The molecule has 0 spiro atoms. The average molecular weight is 253 g/mol. The first kappa shape index (κ1) is 12.3. The third-order valence-corrected chi connectivity index (χ3v) is 2.37. The minimum Gasteiger partial charge on any atom is -0.487 e. The Morgan fingerprint density at radius 3 is 2.39 bits per heavy atom. The van der Waals surface area contributed by atoms with Crippen molar-refractivity contribution < 1.29 is 17.9 Å². The molecule has 0 fully saturated rings. The summed E-state index contributed by atoms with van der Waals surface area (Å²) in [4.78, 5) is 0. The summed E-state index contributed by atoms with van der Waals surface area (Å²) in [6.07, 6.45) is 0. The maximum absolute atomic E-state index is 13.3. The normalized spacial score (nSPS) is 10.4. The zero-order valence-electron chi connectivity index (χ0n) is 9.29. The van der Waals surface area contributed by atoms with Gasteiger partial charge in [-0.1, -0.05) is 0 Å². The number of halogens is 3. The fourth-order valence-electron chi connectivity index (χ4n) is 1.44. The first-order valence-corrected chi connectivity index (χ1v) is 5.18. The molecule has 5 heteroatoms. The summed E-state index contributed by atoms with van der Waals surface area (Å²) in [6.45, 7) is -0.225. The third kappa shape index (κ3) is 2.74. The topological polar surface area (TPSA) is 35.2 Å². The van der Waals surface area contributed by atoms with Gasteiger partial charge in [0.25, 0.3) is 0 Å². The Morgan fingerprint density at radius 1 is 0.944 bits per heavy atom. The second-order valence-electron chi connectivity index (χ2n) is 3.71. The van der Waals surface area contributed by atoms with Crippen LogP contribution in [0.25, 0.3) is 0 Å². The summed E-state index contributed by atoms with van der Waals surface area (Å²) in [6, 6.07) is 6.65. The number of rotatable bonds is 3. The molecule has 0 bridgehead atoms. The Hall–Kier alpha value is -2.17. The number of ether oxygens (including phenoxy) is 1. The number of nitrogen functional groups attached to an aromatic ring is 1. The van der Waals surface area contributed by atoms with Gasteiger partial charge in [-0.05, 0) is 30.3 Å². The lowest BCUT2D eigenvalue weighted by Gasteiger charge is -2.09. The Labute approximate surface area is 102 Å². The summed E-state index contributed by atoms with van der Waals surface area (Å²) >= 11 is 0. The largest absolute Gasteiger partial charge is 0.487 e. The van der Waals surface area contributed by atoms with Crippen molar-refractivity contribution in [3.8, 4) is 5.75 Å². The van der Waals surface area contributed by atoms with Crippen LogP contribution >= 0.6 is 0 Å².